The molecule has 0 N–H and O–H groups in total. The molecule has 4 aromatic carbocycles. The quantitative estimate of drug-likeness (QED) is 0.0721. The Morgan fingerprint density at radius 2 is 1.32 bits per heavy atom. The molecule has 0 amide bonds. The van der Waals surface area contributed by atoms with Crippen LogP contribution in [0.15, 0.2) is 114 Å². The van der Waals surface area contributed by atoms with E-state index in [2.05, 4.69) is 5.16 Å². The van der Waals surface area contributed by atoms with Crippen molar-refractivity contribution in [3.8, 4) is 5.75 Å². The number of oxime groups is 1. The number of nitrogens with zero attached hydrogens (tertiary/aromatic N) is 1. The topological polar surface area (TPSA) is 57.1 Å². The number of ether oxygens (including phenoxy) is 2. The minimum atomic E-state index is -0.987. The van der Waals surface area contributed by atoms with E-state index < -0.39 is 11.4 Å². The molecule has 1 aliphatic carbocycles. The van der Waals surface area contributed by atoms with Gasteiger partial charge in [-0.3, -0.25) is 4.79 Å². The van der Waals surface area contributed by atoms with E-state index in [1.54, 1.807) is 42.5 Å². The first-order valence-electron chi connectivity index (χ1n) is 13.6. The van der Waals surface area contributed by atoms with Gasteiger partial charge in [-0.25, -0.2) is 4.39 Å². The Balaban J connectivity index is 1.33. The van der Waals surface area contributed by atoms with E-state index >= 15 is 0 Å². The summed E-state index contributed by atoms with van der Waals surface area (Å²) in [5.74, 6) is -0.107. The van der Waals surface area contributed by atoms with Crippen LogP contribution in [0.25, 0.3) is 0 Å². The molecule has 0 atom stereocenters. The van der Waals surface area contributed by atoms with Crippen molar-refractivity contribution in [1.82, 2.24) is 0 Å². The van der Waals surface area contributed by atoms with Gasteiger partial charge >= 0.3 is 5.97 Å². The van der Waals surface area contributed by atoms with Crippen LogP contribution in [-0.4, -0.2) is 11.9 Å². The molecular formula is C34H32FNO4. The second-order valence-electron chi connectivity index (χ2n) is 9.97. The minimum absolute atomic E-state index is 0.298. The highest BCUT2D eigenvalue weighted by Gasteiger charge is 2.44. The zero-order chi connectivity index (χ0) is 27.6. The molecule has 0 saturated heterocycles. The van der Waals surface area contributed by atoms with E-state index in [1.165, 1.54) is 6.07 Å². The molecule has 5 nitrogen and oxygen atoms in total. The van der Waals surface area contributed by atoms with Crippen molar-refractivity contribution in [2.24, 2.45) is 5.16 Å². The van der Waals surface area contributed by atoms with E-state index in [0.717, 1.165) is 30.4 Å². The van der Waals surface area contributed by atoms with Crippen molar-refractivity contribution in [2.75, 3.05) is 0 Å². The first kappa shape index (κ1) is 27.1. The Hall–Kier alpha value is -4.45. The Bertz CT molecular complexity index is 1420. The second kappa shape index (κ2) is 13.1. The molecule has 40 heavy (non-hydrogen) atoms. The van der Waals surface area contributed by atoms with E-state index in [1.807, 2.05) is 60.7 Å². The van der Waals surface area contributed by atoms with Gasteiger partial charge in [-0.15, -0.1) is 0 Å². The fourth-order valence-electron chi connectivity index (χ4n) is 5.09. The molecule has 0 aromatic heterocycles. The number of carbonyl (C=O) groups is 1. The van der Waals surface area contributed by atoms with Gasteiger partial charge < -0.3 is 14.3 Å². The van der Waals surface area contributed by atoms with Crippen LogP contribution in [0.5, 0.6) is 5.75 Å². The van der Waals surface area contributed by atoms with Gasteiger partial charge in [0.15, 0.2) is 0 Å². The molecule has 1 saturated carbocycles. The van der Waals surface area contributed by atoms with Crippen molar-refractivity contribution < 1.29 is 23.5 Å². The zero-order valence-corrected chi connectivity index (χ0v) is 22.3. The largest absolute Gasteiger partial charge is 0.470 e. The molecule has 1 aliphatic rings. The van der Waals surface area contributed by atoms with Gasteiger partial charge in [0.2, 0.25) is 0 Å². The van der Waals surface area contributed by atoms with Gasteiger partial charge in [-0.05, 0) is 59.5 Å². The Morgan fingerprint density at radius 3 is 1.98 bits per heavy atom. The third kappa shape index (κ3) is 6.57. The smallest absolute Gasteiger partial charge is 0.322 e. The number of rotatable bonds is 9. The van der Waals surface area contributed by atoms with Gasteiger partial charge in [0, 0.05) is 11.1 Å². The molecular weight excluding hydrogens is 505 g/mol. The van der Waals surface area contributed by atoms with Crippen LogP contribution in [0.1, 0.15) is 54.4 Å². The number of benzene rings is 4. The van der Waals surface area contributed by atoms with Gasteiger partial charge in [0.05, 0.1) is 5.41 Å². The van der Waals surface area contributed by atoms with E-state index in [0.29, 0.717) is 48.8 Å². The number of hydrogen-bond donors (Lipinski definition) is 0. The van der Waals surface area contributed by atoms with Gasteiger partial charge in [0.1, 0.15) is 24.8 Å². The molecule has 0 unspecified atom stereocenters. The standard InChI is InChI=1S/C34H32FNO4/c35-31-17-9-8-16-30(31)34(22-10-3-11-23-34)33(37)40-29-20-18-28(19-21-29)32(38-24-26-12-4-1-5-13-26)36-39-25-27-14-6-2-7-15-27/h1-2,4-9,12-21H,3,10-11,22-25H2. The maximum absolute atomic E-state index is 14.8. The lowest BCUT2D eigenvalue weighted by molar-refractivity contribution is -0.142. The molecule has 0 spiro atoms. The highest BCUT2D eigenvalue weighted by atomic mass is 19.1. The number of halogens is 1. The van der Waals surface area contributed by atoms with Crippen molar-refractivity contribution >= 4 is 11.9 Å². The Morgan fingerprint density at radius 1 is 0.725 bits per heavy atom. The summed E-state index contributed by atoms with van der Waals surface area (Å²) in [5, 5.41) is 4.27. The average Bonchev–Trinajstić information content (AvgIpc) is 3.01. The number of hydrogen-bond acceptors (Lipinski definition) is 5. The average molecular weight is 538 g/mol. The molecule has 1 fully saturated rings. The number of esters is 1. The van der Waals surface area contributed by atoms with Crippen molar-refractivity contribution in [3.63, 3.8) is 0 Å². The molecule has 0 heterocycles. The summed E-state index contributed by atoms with van der Waals surface area (Å²) in [7, 11) is 0. The minimum Gasteiger partial charge on any atom is -0.470 e. The Kier molecular flexibility index (Phi) is 8.86. The highest BCUT2D eigenvalue weighted by molar-refractivity contribution is 5.94. The first-order chi connectivity index (χ1) is 19.6. The Labute approximate surface area is 234 Å². The summed E-state index contributed by atoms with van der Waals surface area (Å²) < 4.78 is 26.7. The monoisotopic (exact) mass is 537 g/mol. The normalized spacial score (nSPS) is 14.8. The third-order valence-corrected chi connectivity index (χ3v) is 7.24. The maximum Gasteiger partial charge on any atom is 0.322 e. The number of carbonyl (C=O) groups excluding carboxylic acids is 1. The summed E-state index contributed by atoms with van der Waals surface area (Å²) in [6, 6.07) is 33.0. The maximum atomic E-state index is 14.8. The summed E-state index contributed by atoms with van der Waals surface area (Å²) in [4.78, 5) is 19.2. The summed E-state index contributed by atoms with van der Waals surface area (Å²) in [5.41, 5.74) is 2.08. The van der Waals surface area contributed by atoms with Crippen LogP contribution in [-0.2, 0) is 33.0 Å². The summed E-state index contributed by atoms with van der Waals surface area (Å²) in [6.07, 6.45) is 3.85. The van der Waals surface area contributed by atoms with E-state index in [-0.39, 0.29) is 5.82 Å². The zero-order valence-electron chi connectivity index (χ0n) is 22.3. The van der Waals surface area contributed by atoms with Gasteiger partial charge in [-0.2, -0.15) is 0 Å². The molecule has 0 bridgehead atoms. The lowest BCUT2D eigenvalue weighted by Crippen LogP contribution is -2.41. The van der Waals surface area contributed by atoms with Crippen LogP contribution in [0.3, 0.4) is 0 Å². The molecule has 0 aliphatic heterocycles. The van der Waals surface area contributed by atoms with Crippen molar-refractivity contribution in [2.45, 2.75) is 50.7 Å². The molecule has 6 heteroatoms. The summed E-state index contributed by atoms with van der Waals surface area (Å²) >= 11 is 0. The van der Waals surface area contributed by atoms with Gasteiger partial charge in [0.25, 0.3) is 5.90 Å². The SMILES string of the molecule is O=C(Oc1ccc(C(=NOCc2ccccc2)OCc2ccccc2)cc1)C1(c2ccccc2F)CCCCC1. The van der Waals surface area contributed by atoms with Crippen LogP contribution in [0.4, 0.5) is 4.39 Å². The van der Waals surface area contributed by atoms with Crippen LogP contribution in [0.2, 0.25) is 0 Å². The molecule has 5 rings (SSSR count). The van der Waals surface area contributed by atoms with Crippen molar-refractivity contribution in [1.29, 1.82) is 0 Å². The highest BCUT2D eigenvalue weighted by Crippen LogP contribution is 2.42. The summed E-state index contributed by atoms with van der Waals surface area (Å²) in [6.45, 7) is 0.614. The van der Waals surface area contributed by atoms with E-state index in [9.17, 15) is 9.18 Å². The first-order valence-corrected chi connectivity index (χ1v) is 13.6. The van der Waals surface area contributed by atoms with Crippen LogP contribution >= 0.6 is 0 Å². The van der Waals surface area contributed by atoms with E-state index in [4.69, 9.17) is 14.3 Å². The van der Waals surface area contributed by atoms with Gasteiger partial charge in [-0.1, -0.05) is 98.1 Å². The second-order valence-corrected chi connectivity index (χ2v) is 9.97. The van der Waals surface area contributed by atoms with Crippen LogP contribution in [0, 0.1) is 5.82 Å². The lowest BCUT2D eigenvalue weighted by atomic mass is 9.69. The molecule has 4 aromatic rings. The van der Waals surface area contributed by atoms with Crippen molar-refractivity contribution in [3.05, 3.63) is 137 Å². The van der Waals surface area contributed by atoms with Crippen LogP contribution < -0.4 is 4.74 Å². The predicted octanol–water partition coefficient (Wildman–Crippen LogP) is 7.73. The lowest BCUT2D eigenvalue weighted by Gasteiger charge is -2.35. The fraction of sp³-hybridized carbons (Fsp3) is 0.235. The molecule has 204 valence electrons. The molecule has 0 radical (unpaired) electrons. The fourth-order valence-corrected chi connectivity index (χ4v) is 5.09. The predicted molar refractivity (Wildman–Crippen MR) is 152 cm³/mol. The third-order valence-electron chi connectivity index (χ3n) is 7.24.